The highest BCUT2D eigenvalue weighted by Crippen LogP contribution is 2.28. The second kappa shape index (κ2) is 4.22. The van der Waals surface area contributed by atoms with Crippen molar-refractivity contribution in [2.75, 3.05) is 6.61 Å². The minimum Gasteiger partial charge on any atom is -0.493 e. The highest BCUT2D eigenvalue weighted by atomic mass is 16.6. The van der Waals surface area contributed by atoms with Gasteiger partial charge in [-0.05, 0) is 13.0 Å². The van der Waals surface area contributed by atoms with Gasteiger partial charge in [0.1, 0.15) is 5.75 Å². The van der Waals surface area contributed by atoms with Crippen molar-refractivity contribution in [2.24, 2.45) is 0 Å². The van der Waals surface area contributed by atoms with Crippen LogP contribution < -0.4 is 10.1 Å². The quantitative estimate of drug-likeness (QED) is 0.618. The van der Waals surface area contributed by atoms with Gasteiger partial charge in [0, 0.05) is 5.56 Å². The number of alkyl carbamates (subject to hydrolysis) is 1. The van der Waals surface area contributed by atoms with E-state index in [0.29, 0.717) is 17.9 Å². The molecule has 1 aromatic carbocycles. The Bertz CT molecular complexity index is 430. The van der Waals surface area contributed by atoms with Crippen LogP contribution in [0.25, 0.3) is 0 Å². The number of para-hydroxylation sites is 1. The summed E-state index contributed by atoms with van der Waals surface area (Å²) in [6, 6.07) is 6.28. The Morgan fingerprint density at radius 1 is 1.38 bits per heavy atom. The van der Waals surface area contributed by atoms with Crippen molar-refractivity contribution in [2.45, 2.75) is 13.0 Å². The van der Waals surface area contributed by atoms with Gasteiger partial charge in [-0.15, -0.1) is 0 Å². The summed E-state index contributed by atoms with van der Waals surface area (Å²) in [4.78, 5) is 22.3. The first-order valence-corrected chi connectivity index (χ1v) is 4.96. The first-order chi connectivity index (χ1) is 7.72. The van der Waals surface area contributed by atoms with Gasteiger partial charge in [0.15, 0.2) is 6.04 Å². The Morgan fingerprint density at radius 3 is 2.75 bits per heavy atom. The molecule has 5 heteroatoms. The molecule has 0 saturated carbocycles. The molecule has 1 fully saturated rings. The van der Waals surface area contributed by atoms with Crippen LogP contribution in [0, 0.1) is 0 Å². The molecule has 1 aromatic rings. The normalized spacial score (nSPS) is 19.2. The predicted octanol–water partition coefficient (Wildman–Crippen LogP) is 1.39. The maximum atomic E-state index is 11.4. The van der Waals surface area contributed by atoms with Crippen LogP contribution in [0.15, 0.2) is 24.3 Å². The highest BCUT2D eigenvalue weighted by molar-refractivity contribution is 5.96. The maximum Gasteiger partial charge on any atom is 0.415 e. The van der Waals surface area contributed by atoms with Crippen LogP contribution >= 0.6 is 0 Å². The first-order valence-electron chi connectivity index (χ1n) is 4.96. The fourth-order valence-electron chi connectivity index (χ4n) is 1.57. The van der Waals surface area contributed by atoms with E-state index in [1.54, 1.807) is 24.3 Å². The van der Waals surface area contributed by atoms with Crippen molar-refractivity contribution in [3.8, 4) is 5.75 Å². The number of cyclic esters (lactones) is 2. The molecule has 1 aliphatic heterocycles. The summed E-state index contributed by atoms with van der Waals surface area (Å²) >= 11 is 0. The number of carbonyl (C=O) groups excluding carboxylic acids is 2. The molecule has 5 nitrogen and oxygen atoms in total. The number of rotatable bonds is 3. The molecule has 84 valence electrons. The highest BCUT2D eigenvalue weighted by Gasteiger charge is 2.35. The fourth-order valence-corrected chi connectivity index (χ4v) is 1.57. The largest absolute Gasteiger partial charge is 0.493 e. The fraction of sp³-hybridized carbons (Fsp3) is 0.273. The predicted molar refractivity (Wildman–Crippen MR) is 55.0 cm³/mol. The molecule has 0 aromatic heterocycles. The van der Waals surface area contributed by atoms with Crippen LogP contribution in [0.2, 0.25) is 0 Å². The molecule has 16 heavy (non-hydrogen) atoms. The van der Waals surface area contributed by atoms with Crippen LogP contribution in [0.5, 0.6) is 5.75 Å². The minimum atomic E-state index is -0.768. The maximum absolute atomic E-state index is 11.4. The van der Waals surface area contributed by atoms with E-state index in [1.165, 1.54) is 0 Å². The molecule has 0 radical (unpaired) electrons. The summed E-state index contributed by atoms with van der Waals surface area (Å²) < 4.78 is 9.79. The zero-order chi connectivity index (χ0) is 11.5. The molecule has 0 bridgehead atoms. The van der Waals surface area contributed by atoms with Gasteiger partial charge in [0.05, 0.1) is 6.61 Å². The molecule has 1 saturated heterocycles. The van der Waals surface area contributed by atoms with Crippen molar-refractivity contribution >= 4 is 12.1 Å². The lowest BCUT2D eigenvalue weighted by molar-refractivity contribution is -0.135. The number of hydrogen-bond acceptors (Lipinski definition) is 4. The van der Waals surface area contributed by atoms with Gasteiger partial charge >= 0.3 is 12.1 Å². The summed E-state index contributed by atoms with van der Waals surface area (Å²) in [5.74, 6) is -0.0219. The monoisotopic (exact) mass is 221 g/mol. The van der Waals surface area contributed by atoms with E-state index >= 15 is 0 Å². The summed E-state index contributed by atoms with van der Waals surface area (Å²) in [5.41, 5.74) is 0.611. The Morgan fingerprint density at radius 2 is 2.12 bits per heavy atom. The van der Waals surface area contributed by atoms with E-state index in [1.807, 2.05) is 6.92 Å². The SMILES string of the molecule is CCOc1ccccc1C1NC(=O)OC1=O. The number of hydrogen-bond donors (Lipinski definition) is 1. The number of nitrogens with one attached hydrogen (secondary N) is 1. The van der Waals surface area contributed by atoms with E-state index < -0.39 is 18.1 Å². The van der Waals surface area contributed by atoms with Gasteiger partial charge in [0.25, 0.3) is 0 Å². The molecule has 1 unspecified atom stereocenters. The molecule has 0 spiro atoms. The molecule has 1 amide bonds. The molecule has 1 atom stereocenters. The van der Waals surface area contributed by atoms with Crippen molar-refractivity contribution < 1.29 is 19.1 Å². The lowest BCUT2D eigenvalue weighted by atomic mass is 10.1. The van der Waals surface area contributed by atoms with Gasteiger partial charge in [-0.25, -0.2) is 9.59 Å². The summed E-state index contributed by atoms with van der Waals surface area (Å²) in [6.07, 6.45) is -0.721. The first kappa shape index (κ1) is 10.5. The number of amides is 1. The molecule has 1 N–H and O–H groups in total. The van der Waals surface area contributed by atoms with Gasteiger partial charge < -0.3 is 14.8 Å². The van der Waals surface area contributed by atoms with E-state index in [4.69, 9.17) is 4.74 Å². The summed E-state index contributed by atoms with van der Waals surface area (Å²) in [6.45, 7) is 2.34. The topological polar surface area (TPSA) is 64.6 Å². The third kappa shape index (κ3) is 1.84. The third-order valence-electron chi connectivity index (χ3n) is 2.22. The van der Waals surface area contributed by atoms with Gasteiger partial charge in [-0.2, -0.15) is 0 Å². The van der Waals surface area contributed by atoms with E-state index in [9.17, 15) is 9.59 Å². The Hall–Kier alpha value is -2.04. The van der Waals surface area contributed by atoms with Crippen LogP contribution in [0.3, 0.4) is 0 Å². The summed E-state index contributed by atoms with van der Waals surface area (Å²) in [5, 5.41) is 2.43. The molecule has 1 heterocycles. The molecule has 2 rings (SSSR count). The zero-order valence-corrected chi connectivity index (χ0v) is 8.73. The van der Waals surface area contributed by atoms with E-state index in [2.05, 4.69) is 10.1 Å². The van der Waals surface area contributed by atoms with Crippen molar-refractivity contribution in [1.82, 2.24) is 5.32 Å². The third-order valence-corrected chi connectivity index (χ3v) is 2.22. The van der Waals surface area contributed by atoms with E-state index in [0.717, 1.165) is 0 Å². The van der Waals surface area contributed by atoms with E-state index in [-0.39, 0.29) is 0 Å². The molecular formula is C11H11NO4. The van der Waals surface area contributed by atoms with Crippen molar-refractivity contribution in [3.05, 3.63) is 29.8 Å². The minimum absolute atomic E-state index is 0.493. The Balaban J connectivity index is 2.32. The molecule has 0 aliphatic carbocycles. The average molecular weight is 221 g/mol. The Kier molecular flexibility index (Phi) is 2.76. The van der Waals surface area contributed by atoms with Crippen molar-refractivity contribution in [1.29, 1.82) is 0 Å². The average Bonchev–Trinajstić information content (AvgIpc) is 2.59. The van der Waals surface area contributed by atoms with Crippen LogP contribution in [0.1, 0.15) is 18.5 Å². The van der Waals surface area contributed by atoms with Crippen LogP contribution in [0.4, 0.5) is 4.79 Å². The number of esters is 1. The standard InChI is InChI=1S/C11H11NO4/c1-2-15-8-6-4-3-5-7(8)9-10(13)16-11(14)12-9/h3-6,9H,2H2,1H3,(H,12,14). The number of ether oxygens (including phenoxy) is 2. The zero-order valence-electron chi connectivity index (χ0n) is 8.73. The van der Waals surface area contributed by atoms with Gasteiger partial charge in [-0.3, -0.25) is 0 Å². The molecule has 1 aliphatic rings. The Labute approximate surface area is 92.4 Å². The van der Waals surface area contributed by atoms with Gasteiger partial charge in [0.2, 0.25) is 0 Å². The van der Waals surface area contributed by atoms with Gasteiger partial charge in [-0.1, -0.05) is 18.2 Å². The smallest absolute Gasteiger partial charge is 0.415 e. The number of carbonyl (C=O) groups is 2. The summed E-state index contributed by atoms with van der Waals surface area (Å²) in [7, 11) is 0. The number of benzene rings is 1. The lowest BCUT2D eigenvalue weighted by Crippen LogP contribution is -2.20. The van der Waals surface area contributed by atoms with Crippen LogP contribution in [-0.4, -0.2) is 18.7 Å². The second-order valence-corrected chi connectivity index (χ2v) is 3.26. The molecular weight excluding hydrogens is 210 g/mol. The van der Waals surface area contributed by atoms with Crippen LogP contribution in [-0.2, 0) is 9.53 Å². The lowest BCUT2D eigenvalue weighted by Gasteiger charge is -2.12. The second-order valence-electron chi connectivity index (χ2n) is 3.26. The van der Waals surface area contributed by atoms with Crippen molar-refractivity contribution in [3.63, 3.8) is 0 Å².